The molecule has 0 unspecified atom stereocenters. The largest absolute Gasteiger partial charge is 0.442 e. The Bertz CT molecular complexity index is 537. The molecule has 1 saturated heterocycles. The minimum absolute atomic E-state index is 0. The summed E-state index contributed by atoms with van der Waals surface area (Å²) in [4.78, 5) is 14.4. The second-order valence-corrected chi connectivity index (χ2v) is 5.03. The van der Waals surface area contributed by atoms with Crippen molar-refractivity contribution in [3.63, 3.8) is 0 Å². The molecule has 1 aliphatic heterocycles. The van der Waals surface area contributed by atoms with Crippen LogP contribution in [-0.4, -0.2) is 36.6 Å². The number of carbonyl (C=O) groups is 1. The van der Waals surface area contributed by atoms with Gasteiger partial charge in [-0.05, 0) is 25.3 Å². The van der Waals surface area contributed by atoms with Gasteiger partial charge in [0.05, 0.1) is 5.56 Å². The Hall–Kier alpha value is -1.76. The third-order valence-corrected chi connectivity index (χ3v) is 3.49. The van der Waals surface area contributed by atoms with Crippen molar-refractivity contribution < 1.29 is 9.53 Å². The monoisotopic (exact) mass is 305 g/mol. The van der Waals surface area contributed by atoms with E-state index in [9.17, 15) is 4.79 Å². The van der Waals surface area contributed by atoms with Crippen LogP contribution in [0.3, 0.4) is 0 Å². The summed E-state index contributed by atoms with van der Waals surface area (Å²) in [5.41, 5.74) is -0.126. The van der Waals surface area contributed by atoms with Crippen LogP contribution in [0.5, 0.6) is 0 Å². The average molecular weight is 306 g/mol. The van der Waals surface area contributed by atoms with Crippen molar-refractivity contribution in [2.24, 2.45) is 0 Å². The maximum absolute atomic E-state index is 12.2. The molecule has 0 aromatic heterocycles. The molecule has 112 valence electrons. The average Bonchev–Trinajstić information content (AvgIpc) is 2.49. The van der Waals surface area contributed by atoms with E-state index < -0.39 is 5.60 Å². The number of allylic oxidation sites excluding steroid dienone is 1. The van der Waals surface area contributed by atoms with Gasteiger partial charge in [-0.2, -0.15) is 0 Å². The number of rotatable bonds is 2. The number of likely N-dealkylation sites (tertiary alicyclic amines) is 1. The minimum atomic E-state index is -0.687. The zero-order valence-corrected chi connectivity index (χ0v) is 13.0. The fourth-order valence-electron chi connectivity index (χ4n) is 2.23. The number of hydrogen-bond donors (Lipinski definition) is 0. The van der Waals surface area contributed by atoms with Gasteiger partial charge in [-0.15, -0.1) is 12.4 Å². The number of esters is 1. The van der Waals surface area contributed by atoms with Crippen LogP contribution in [0, 0.1) is 11.8 Å². The molecule has 0 spiro atoms. The van der Waals surface area contributed by atoms with E-state index in [0.717, 1.165) is 25.9 Å². The van der Waals surface area contributed by atoms with E-state index in [1.54, 1.807) is 12.1 Å². The lowest BCUT2D eigenvalue weighted by molar-refractivity contribution is -0.0163. The Kier molecular flexibility index (Phi) is 6.48. The fraction of sp³-hybridized carbons (Fsp3) is 0.353. The van der Waals surface area contributed by atoms with Gasteiger partial charge in [-0.1, -0.05) is 36.6 Å². The van der Waals surface area contributed by atoms with E-state index in [1.165, 1.54) is 6.08 Å². The molecule has 0 N–H and O–H groups in total. The van der Waals surface area contributed by atoms with Crippen molar-refractivity contribution >= 4 is 18.4 Å². The molecule has 0 aliphatic carbocycles. The van der Waals surface area contributed by atoms with Gasteiger partial charge in [-0.3, -0.25) is 0 Å². The lowest BCUT2D eigenvalue weighted by Gasteiger charge is -2.36. The number of hydrogen-bond acceptors (Lipinski definition) is 3. The topological polar surface area (TPSA) is 29.5 Å². The summed E-state index contributed by atoms with van der Waals surface area (Å²) in [6.07, 6.45) is 2.99. The third-order valence-electron chi connectivity index (χ3n) is 3.49. The molecule has 1 heterocycles. The summed E-state index contributed by atoms with van der Waals surface area (Å²) in [6, 6.07) is 9.04. The first-order valence-electron chi connectivity index (χ1n) is 6.76. The van der Waals surface area contributed by atoms with Crippen molar-refractivity contribution in [2.45, 2.75) is 18.4 Å². The van der Waals surface area contributed by atoms with Crippen molar-refractivity contribution in [1.82, 2.24) is 4.90 Å². The van der Waals surface area contributed by atoms with E-state index >= 15 is 0 Å². The predicted octanol–water partition coefficient (Wildman–Crippen LogP) is 2.92. The van der Waals surface area contributed by atoms with Gasteiger partial charge in [0.15, 0.2) is 5.60 Å². The van der Waals surface area contributed by atoms with Gasteiger partial charge in [0, 0.05) is 25.9 Å². The highest BCUT2D eigenvalue weighted by molar-refractivity contribution is 5.89. The molecule has 4 heteroatoms. The Morgan fingerprint density at radius 1 is 1.33 bits per heavy atom. The standard InChI is InChI=1S/C17H19NO2.ClH/c1-3-4-10-17(11-13-18(2)14-12-17)20-16(19)15-8-6-5-7-9-15;/h3,5-9H,1,11-14H2,2H3;1H. The minimum Gasteiger partial charge on any atom is -0.442 e. The Labute approximate surface area is 132 Å². The number of nitrogens with zero attached hydrogens (tertiary/aromatic N) is 1. The zero-order chi connectivity index (χ0) is 14.4. The molecule has 21 heavy (non-hydrogen) atoms. The molecular formula is C17H20ClNO2. The second kappa shape index (κ2) is 7.87. The van der Waals surface area contributed by atoms with Crippen LogP contribution >= 0.6 is 12.4 Å². The summed E-state index contributed by atoms with van der Waals surface area (Å²) < 4.78 is 5.73. The second-order valence-electron chi connectivity index (χ2n) is 5.03. The van der Waals surface area contributed by atoms with Gasteiger partial charge in [-0.25, -0.2) is 4.79 Å². The van der Waals surface area contributed by atoms with Crippen LogP contribution in [-0.2, 0) is 4.74 Å². The van der Waals surface area contributed by atoms with E-state index in [-0.39, 0.29) is 18.4 Å². The number of benzene rings is 1. The Morgan fingerprint density at radius 2 is 1.95 bits per heavy atom. The Morgan fingerprint density at radius 3 is 2.52 bits per heavy atom. The number of halogens is 1. The number of carbonyl (C=O) groups excluding carboxylic acids is 1. The third kappa shape index (κ3) is 4.63. The van der Waals surface area contributed by atoms with E-state index in [1.807, 2.05) is 18.2 Å². The van der Waals surface area contributed by atoms with Crippen LogP contribution in [0.15, 0.2) is 43.0 Å². The predicted molar refractivity (Wildman–Crippen MR) is 86.5 cm³/mol. The fourth-order valence-corrected chi connectivity index (χ4v) is 2.23. The van der Waals surface area contributed by atoms with Crippen molar-refractivity contribution in [3.8, 4) is 11.8 Å². The van der Waals surface area contributed by atoms with E-state index in [2.05, 4.69) is 30.4 Å². The van der Waals surface area contributed by atoms with Gasteiger partial charge < -0.3 is 9.64 Å². The molecule has 0 bridgehead atoms. The molecule has 1 aromatic rings. The van der Waals surface area contributed by atoms with Crippen LogP contribution < -0.4 is 0 Å². The first-order valence-corrected chi connectivity index (χ1v) is 6.76. The van der Waals surface area contributed by atoms with Crippen LogP contribution in [0.1, 0.15) is 23.2 Å². The summed E-state index contributed by atoms with van der Waals surface area (Å²) in [6.45, 7) is 5.34. The van der Waals surface area contributed by atoms with Crippen molar-refractivity contribution in [2.75, 3.05) is 20.1 Å². The first kappa shape index (κ1) is 17.3. The maximum Gasteiger partial charge on any atom is 0.339 e. The highest BCUT2D eigenvalue weighted by Gasteiger charge is 2.36. The quantitative estimate of drug-likeness (QED) is 0.621. The van der Waals surface area contributed by atoms with Gasteiger partial charge in [0.2, 0.25) is 0 Å². The van der Waals surface area contributed by atoms with Crippen LogP contribution in [0.4, 0.5) is 0 Å². The molecule has 0 atom stereocenters. The SMILES string of the molecule is C=CC#CC1(OC(=O)c2ccccc2)CCN(C)CC1.Cl. The molecule has 2 rings (SSSR count). The summed E-state index contributed by atoms with van der Waals surface area (Å²) >= 11 is 0. The normalized spacial score (nSPS) is 16.8. The lowest BCUT2D eigenvalue weighted by Crippen LogP contribution is -2.45. The molecular weight excluding hydrogens is 286 g/mol. The molecule has 0 radical (unpaired) electrons. The molecule has 3 nitrogen and oxygen atoms in total. The first-order chi connectivity index (χ1) is 9.65. The summed E-state index contributed by atoms with van der Waals surface area (Å²) in [5.74, 6) is 5.61. The van der Waals surface area contributed by atoms with Crippen molar-refractivity contribution in [1.29, 1.82) is 0 Å². The van der Waals surface area contributed by atoms with Crippen molar-refractivity contribution in [3.05, 3.63) is 48.6 Å². The highest BCUT2D eigenvalue weighted by Crippen LogP contribution is 2.26. The van der Waals surface area contributed by atoms with E-state index in [4.69, 9.17) is 4.74 Å². The summed E-state index contributed by atoms with van der Waals surface area (Å²) in [7, 11) is 2.06. The van der Waals surface area contributed by atoms with Crippen LogP contribution in [0.2, 0.25) is 0 Å². The molecule has 1 fully saturated rings. The smallest absolute Gasteiger partial charge is 0.339 e. The van der Waals surface area contributed by atoms with Gasteiger partial charge in [0.1, 0.15) is 0 Å². The Balaban J connectivity index is 0.00000220. The maximum atomic E-state index is 12.2. The van der Waals surface area contributed by atoms with Crippen LogP contribution in [0.25, 0.3) is 0 Å². The highest BCUT2D eigenvalue weighted by atomic mass is 35.5. The summed E-state index contributed by atoms with van der Waals surface area (Å²) in [5, 5.41) is 0. The van der Waals surface area contributed by atoms with Gasteiger partial charge in [0.25, 0.3) is 0 Å². The molecule has 0 saturated carbocycles. The van der Waals surface area contributed by atoms with E-state index in [0.29, 0.717) is 5.56 Å². The number of piperidine rings is 1. The number of ether oxygens (including phenoxy) is 1. The lowest BCUT2D eigenvalue weighted by atomic mass is 9.91. The molecule has 1 aliphatic rings. The molecule has 0 amide bonds. The zero-order valence-electron chi connectivity index (χ0n) is 12.2. The molecule has 1 aromatic carbocycles. The van der Waals surface area contributed by atoms with Gasteiger partial charge >= 0.3 is 5.97 Å².